The molecule has 1 aromatic rings. The van der Waals surface area contributed by atoms with Crippen molar-refractivity contribution in [1.82, 2.24) is 9.55 Å². The second-order valence-electron chi connectivity index (χ2n) is 3.80. The van der Waals surface area contributed by atoms with Gasteiger partial charge in [-0.05, 0) is 6.42 Å². The number of H-pyrrole nitrogens is 1. The van der Waals surface area contributed by atoms with E-state index in [4.69, 9.17) is 10.00 Å². The minimum atomic E-state index is -0.633. The Labute approximate surface area is 91.1 Å². The first-order chi connectivity index (χ1) is 7.70. The van der Waals surface area contributed by atoms with E-state index in [-0.39, 0.29) is 11.5 Å². The van der Waals surface area contributed by atoms with Gasteiger partial charge in [0.1, 0.15) is 11.6 Å². The fourth-order valence-corrected chi connectivity index (χ4v) is 1.73. The van der Waals surface area contributed by atoms with Crippen LogP contribution in [0.3, 0.4) is 0 Å². The molecule has 6 heteroatoms. The van der Waals surface area contributed by atoms with Crippen LogP contribution in [0, 0.1) is 17.2 Å². The first-order valence-electron chi connectivity index (χ1n) is 5.02. The highest BCUT2D eigenvalue weighted by Gasteiger charge is 2.17. The number of nitrogens with zero attached hydrogens (tertiary/aromatic N) is 2. The molecule has 1 saturated heterocycles. The van der Waals surface area contributed by atoms with Gasteiger partial charge in [0.05, 0.1) is 6.61 Å². The van der Waals surface area contributed by atoms with Crippen LogP contribution in [0.4, 0.5) is 0 Å². The summed E-state index contributed by atoms with van der Waals surface area (Å²) in [5.41, 5.74) is -1.15. The van der Waals surface area contributed by atoms with Crippen molar-refractivity contribution in [3.8, 4) is 6.07 Å². The number of hydrogen-bond donors (Lipinski definition) is 1. The zero-order valence-corrected chi connectivity index (χ0v) is 8.60. The summed E-state index contributed by atoms with van der Waals surface area (Å²) in [4.78, 5) is 24.7. The molecule has 0 bridgehead atoms. The molecule has 0 aromatic carbocycles. The van der Waals surface area contributed by atoms with Crippen LogP contribution in [0.5, 0.6) is 0 Å². The summed E-state index contributed by atoms with van der Waals surface area (Å²) in [6, 6.07) is 1.75. The third kappa shape index (κ3) is 2.04. The Morgan fingerprint density at radius 1 is 1.62 bits per heavy atom. The Balaban J connectivity index is 2.30. The van der Waals surface area contributed by atoms with Crippen molar-refractivity contribution < 1.29 is 4.74 Å². The van der Waals surface area contributed by atoms with E-state index in [1.807, 2.05) is 0 Å². The predicted octanol–water partition coefficient (Wildman–Crippen LogP) is -0.555. The first-order valence-corrected chi connectivity index (χ1v) is 5.02. The maximum Gasteiger partial charge on any atom is 0.328 e. The van der Waals surface area contributed by atoms with Crippen LogP contribution in [-0.4, -0.2) is 22.8 Å². The Bertz CT molecular complexity index is 531. The lowest BCUT2D eigenvalue weighted by Gasteiger charge is -2.09. The number of aromatic amines is 1. The number of ether oxygens (including phenoxy) is 1. The van der Waals surface area contributed by atoms with Crippen molar-refractivity contribution in [3.63, 3.8) is 0 Å². The van der Waals surface area contributed by atoms with Gasteiger partial charge in [0.2, 0.25) is 0 Å². The molecule has 0 saturated carbocycles. The molecule has 0 radical (unpaired) electrons. The van der Waals surface area contributed by atoms with Crippen molar-refractivity contribution in [2.75, 3.05) is 13.2 Å². The summed E-state index contributed by atoms with van der Waals surface area (Å²) in [7, 11) is 0. The largest absolute Gasteiger partial charge is 0.381 e. The Morgan fingerprint density at radius 3 is 3.06 bits per heavy atom. The fraction of sp³-hybridized carbons (Fsp3) is 0.500. The van der Waals surface area contributed by atoms with Gasteiger partial charge >= 0.3 is 5.69 Å². The molecule has 1 unspecified atom stereocenters. The van der Waals surface area contributed by atoms with Crippen LogP contribution in [0.25, 0.3) is 0 Å². The van der Waals surface area contributed by atoms with E-state index in [0.29, 0.717) is 19.8 Å². The van der Waals surface area contributed by atoms with Gasteiger partial charge in [-0.3, -0.25) is 14.3 Å². The molecular formula is C10H11N3O3. The van der Waals surface area contributed by atoms with Gasteiger partial charge in [-0.15, -0.1) is 0 Å². The third-order valence-corrected chi connectivity index (χ3v) is 2.61. The molecule has 2 rings (SSSR count). The van der Waals surface area contributed by atoms with Gasteiger partial charge in [0, 0.05) is 25.3 Å². The lowest BCUT2D eigenvalue weighted by molar-refractivity contribution is 0.182. The normalized spacial score (nSPS) is 19.6. The van der Waals surface area contributed by atoms with Crippen LogP contribution in [-0.2, 0) is 11.3 Å². The van der Waals surface area contributed by atoms with E-state index >= 15 is 0 Å². The average molecular weight is 221 g/mol. The second-order valence-corrected chi connectivity index (χ2v) is 3.80. The molecule has 1 atom stereocenters. The highest BCUT2D eigenvalue weighted by Crippen LogP contribution is 2.13. The third-order valence-electron chi connectivity index (χ3n) is 2.61. The molecule has 1 aliphatic rings. The minimum Gasteiger partial charge on any atom is -0.381 e. The highest BCUT2D eigenvalue weighted by atomic mass is 16.5. The summed E-state index contributed by atoms with van der Waals surface area (Å²) < 4.78 is 6.56. The maximum absolute atomic E-state index is 11.5. The summed E-state index contributed by atoms with van der Waals surface area (Å²) in [6.07, 6.45) is 2.20. The van der Waals surface area contributed by atoms with Crippen molar-refractivity contribution >= 4 is 0 Å². The average Bonchev–Trinajstić information content (AvgIpc) is 2.75. The molecule has 0 amide bonds. The van der Waals surface area contributed by atoms with Gasteiger partial charge in [0.25, 0.3) is 5.56 Å². The summed E-state index contributed by atoms with van der Waals surface area (Å²) in [5.74, 6) is 0.273. The Kier molecular flexibility index (Phi) is 2.88. The van der Waals surface area contributed by atoms with Crippen LogP contribution >= 0.6 is 0 Å². The number of hydrogen-bond acceptors (Lipinski definition) is 4. The topological polar surface area (TPSA) is 87.9 Å². The maximum atomic E-state index is 11.5. The van der Waals surface area contributed by atoms with E-state index < -0.39 is 11.2 Å². The van der Waals surface area contributed by atoms with Crippen molar-refractivity contribution in [3.05, 3.63) is 32.6 Å². The lowest BCUT2D eigenvalue weighted by Crippen LogP contribution is -2.32. The SMILES string of the molecule is N#Cc1cn(CC2CCOC2)c(=O)[nH]c1=O. The summed E-state index contributed by atoms with van der Waals surface area (Å²) in [6.45, 7) is 1.80. The van der Waals surface area contributed by atoms with Crippen LogP contribution in [0.15, 0.2) is 15.8 Å². The van der Waals surface area contributed by atoms with Gasteiger partial charge in [0.15, 0.2) is 0 Å². The van der Waals surface area contributed by atoms with Crippen molar-refractivity contribution in [2.45, 2.75) is 13.0 Å². The predicted molar refractivity (Wildman–Crippen MR) is 55.0 cm³/mol. The molecule has 1 N–H and O–H groups in total. The van der Waals surface area contributed by atoms with E-state index in [1.165, 1.54) is 10.8 Å². The van der Waals surface area contributed by atoms with Crippen LogP contribution < -0.4 is 11.2 Å². The van der Waals surface area contributed by atoms with Gasteiger partial charge in [-0.2, -0.15) is 5.26 Å². The smallest absolute Gasteiger partial charge is 0.328 e. The van der Waals surface area contributed by atoms with Gasteiger partial charge in [-0.1, -0.05) is 0 Å². The summed E-state index contributed by atoms with van der Waals surface area (Å²) in [5, 5.41) is 8.68. The molecule has 0 spiro atoms. The Morgan fingerprint density at radius 2 is 2.44 bits per heavy atom. The monoisotopic (exact) mass is 221 g/mol. The number of rotatable bonds is 2. The zero-order chi connectivity index (χ0) is 11.5. The molecule has 84 valence electrons. The second kappa shape index (κ2) is 4.33. The zero-order valence-electron chi connectivity index (χ0n) is 8.60. The molecule has 2 heterocycles. The number of aromatic nitrogens is 2. The molecule has 0 aliphatic carbocycles. The van der Waals surface area contributed by atoms with E-state index in [0.717, 1.165) is 6.42 Å². The molecular weight excluding hydrogens is 210 g/mol. The molecule has 1 fully saturated rings. The van der Waals surface area contributed by atoms with E-state index in [9.17, 15) is 9.59 Å². The Hall–Kier alpha value is -1.87. The van der Waals surface area contributed by atoms with Crippen LogP contribution in [0.1, 0.15) is 12.0 Å². The van der Waals surface area contributed by atoms with Crippen molar-refractivity contribution in [2.24, 2.45) is 5.92 Å². The van der Waals surface area contributed by atoms with E-state index in [1.54, 1.807) is 6.07 Å². The van der Waals surface area contributed by atoms with Crippen LogP contribution in [0.2, 0.25) is 0 Å². The van der Waals surface area contributed by atoms with E-state index in [2.05, 4.69) is 4.98 Å². The molecule has 16 heavy (non-hydrogen) atoms. The number of nitriles is 1. The van der Waals surface area contributed by atoms with Gasteiger partial charge < -0.3 is 4.74 Å². The van der Waals surface area contributed by atoms with Crippen molar-refractivity contribution in [1.29, 1.82) is 5.26 Å². The summed E-state index contributed by atoms with van der Waals surface area (Å²) >= 11 is 0. The quantitative estimate of drug-likeness (QED) is 0.725. The lowest BCUT2D eigenvalue weighted by atomic mass is 10.1. The van der Waals surface area contributed by atoms with Gasteiger partial charge in [-0.25, -0.2) is 4.79 Å². The minimum absolute atomic E-state index is 0.0430. The highest BCUT2D eigenvalue weighted by molar-refractivity contribution is 5.21. The molecule has 1 aliphatic heterocycles. The molecule has 1 aromatic heterocycles. The standard InChI is InChI=1S/C10H11N3O3/c11-3-8-5-13(10(15)12-9(8)14)4-7-1-2-16-6-7/h5,7H,1-2,4,6H2,(H,12,14,15). The fourth-order valence-electron chi connectivity index (χ4n) is 1.73. The first kappa shape index (κ1) is 10.6. The number of nitrogens with one attached hydrogen (secondary N) is 1. The molecule has 6 nitrogen and oxygen atoms in total.